The van der Waals surface area contributed by atoms with Gasteiger partial charge in [-0.15, -0.1) is 0 Å². The van der Waals surface area contributed by atoms with Crippen LogP contribution >= 0.6 is 11.6 Å². The Bertz CT molecular complexity index is 419. The van der Waals surface area contributed by atoms with Gasteiger partial charge in [-0.05, 0) is 12.1 Å². The molecule has 0 saturated heterocycles. The minimum Gasteiger partial charge on any atom is -0.490 e. The van der Waals surface area contributed by atoms with Gasteiger partial charge in [0.2, 0.25) is 0 Å². The summed E-state index contributed by atoms with van der Waals surface area (Å²) in [6.07, 6.45) is -0.757. The monoisotopic (exact) mass is 261 g/mol. The van der Waals surface area contributed by atoms with Crippen LogP contribution in [0.1, 0.15) is 11.9 Å². The van der Waals surface area contributed by atoms with Crippen molar-refractivity contribution in [3.05, 3.63) is 32.8 Å². The Hall–Kier alpha value is -1.37. The molecule has 0 heterocycles. The molecule has 1 aromatic rings. The van der Waals surface area contributed by atoms with E-state index in [1.165, 1.54) is 27.4 Å². The number of benzene rings is 1. The maximum Gasteiger partial charge on any atom is 0.329 e. The van der Waals surface area contributed by atoms with Gasteiger partial charge in [-0.2, -0.15) is 0 Å². The van der Waals surface area contributed by atoms with Crippen molar-refractivity contribution >= 4 is 17.3 Å². The molecule has 94 valence electrons. The predicted molar refractivity (Wildman–Crippen MR) is 61.4 cm³/mol. The Kier molecular flexibility index (Phi) is 4.68. The normalized spacial score (nSPS) is 10.6. The van der Waals surface area contributed by atoms with Gasteiger partial charge in [0.25, 0.3) is 0 Å². The van der Waals surface area contributed by atoms with Crippen LogP contribution in [0.4, 0.5) is 5.69 Å². The summed E-state index contributed by atoms with van der Waals surface area (Å²) in [6.45, 7) is 0. The maximum atomic E-state index is 10.9. The van der Waals surface area contributed by atoms with E-state index in [1.54, 1.807) is 6.07 Å². The topological polar surface area (TPSA) is 70.8 Å². The molecule has 0 spiro atoms. The lowest BCUT2D eigenvalue weighted by molar-refractivity contribution is -0.385. The summed E-state index contributed by atoms with van der Waals surface area (Å²) in [7, 11) is 4.17. The Morgan fingerprint density at radius 2 is 1.88 bits per heavy atom. The standard InChI is InChI=1S/C10H12ClNO5/c1-15-7-5-4-6(10(16-2)17-3)8(11)9(7)12(13)14/h4-5,10H,1-3H3. The number of hydrogen-bond donors (Lipinski definition) is 0. The van der Waals surface area contributed by atoms with E-state index in [4.69, 9.17) is 25.8 Å². The summed E-state index contributed by atoms with van der Waals surface area (Å²) < 4.78 is 14.9. The highest BCUT2D eigenvalue weighted by atomic mass is 35.5. The lowest BCUT2D eigenvalue weighted by Gasteiger charge is -2.15. The minimum atomic E-state index is -0.757. The summed E-state index contributed by atoms with van der Waals surface area (Å²) in [5, 5.41) is 10.9. The maximum absolute atomic E-state index is 10.9. The second-order valence-corrected chi connectivity index (χ2v) is 3.46. The zero-order chi connectivity index (χ0) is 13.0. The third-order valence-electron chi connectivity index (χ3n) is 2.19. The number of nitro benzene ring substituents is 1. The first-order valence-corrected chi connectivity index (χ1v) is 5.01. The smallest absolute Gasteiger partial charge is 0.329 e. The Morgan fingerprint density at radius 3 is 2.29 bits per heavy atom. The van der Waals surface area contributed by atoms with Crippen molar-refractivity contribution in [2.75, 3.05) is 21.3 Å². The van der Waals surface area contributed by atoms with Crippen LogP contribution in [0.2, 0.25) is 5.02 Å². The van der Waals surface area contributed by atoms with E-state index in [0.717, 1.165) is 0 Å². The average molecular weight is 262 g/mol. The quantitative estimate of drug-likeness (QED) is 0.463. The van der Waals surface area contributed by atoms with Crippen LogP contribution in [0, 0.1) is 10.1 Å². The van der Waals surface area contributed by atoms with E-state index in [0.29, 0.717) is 5.56 Å². The molecule has 0 N–H and O–H groups in total. The molecule has 0 aromatic heterocycles. The van der Waals surface area contributed by atoms with E-state index in [1.807, 2.05) is 0 Å². The van der Waals surface area contributed by atoms with Gasteiger partial charge in [0.05, 0.1) is 12.0 Å². The predicted octanol–water partition coefficient (Wildman–Crippen LogP) is 2.55. The summed E-state index contributed by atoms with van der Waals surface area (Å²) in [5.74, 6) is 0.0923. The largest absolute Gasteiger partial charge is 0.490 e. The number of nitrogens with zero attached hydrogens (tertiary/aromatic N) is 1. The highest BCUT2D eigenvalue weighted by Gasteiger charge is 2.26. The van der Waals surface area contributed by atoms with Crippen molar-refractivity contribution in [2.24, 2.45) is 0 Å². The Balaban J connectivity index is 3.37. The number of ether oxygens (including phenoxy) is 3. The molecular formula is C10H12ClNO5. The molecule has 0 radical (unpaired) electrons. The molecule has 7 heteroatoms. The fourth-order valence-electron chi connectivity index (χ4n) is 1.43. The van der Waals surface area contributed by atoms with Gasteiger partial charge >= 0.3 is 5.69 Å². The van der Waals surface area contributed by atoms with Crippen LogP contribution in [0.5, 0.6) is 5.75 Å². The van der Waals surface area contributed by atoms with E-state index in [2.05, 4.69) is 0 Å². The Labute approximate surface area is 103 Å². The molecule has 17 heavy (non-hydrogen) atoms. The molecule has 6 nitrogen and oxygen atoms in total. The SMILES string of the molecule is COc1ccc(C(OC)OC)c(Cl)c1[N+](=O)[O-]. The molecule has 0 amide bonds. The van der Waals surface area contributed by atoms with Crippen molar-refractivity contribution in [3.63, 3.8) is 0 Å². The van der Waals surface area contributed by atoms with Crippen LogP contribution in [0.15, 0.2) is 12.1 Å². The van der Waals surface area contributed by atoms with Crippen molar-refractivity contribution < 1.29 is 19.1 Å². The molecule has 0 aliphatic heterocycles. The molecule has 0 aliphatic rings. The highest BCUT2D eigenvalue weighted by Crippen LogP contribution is 2.39. The number of nitro groups is 1. The second kappa shape index (κ2) is 5.81. The van der Waals surface area contributed by atoms with Crippen LogP contribution in [-0.4, -0.2) is 26.3 Å². The molecule has 0 saturated carbocycles. The van der Waals surface area contributed by atoms with Crippen molar-refractivity contribution in [1.29, 1.82) is 0 Å². The van der Waals surface area contributed by atoms with E-state index >= 15 is 0 Å². The third kappa shape index (κ3) is 2.66. The molecule has 0 fully saturated rings. The third-order valence-corrected chi connectivity index (χ3v) is 2.59. The van der Waals surface area contributed by atoms with Gasteiger partial charge < -0.3 is 14.2 Å². The molecule has 0 aliphatic carbocycles. The van der Waals surface area contributed by atoms with Crippen molar-refractivity contribution in [2.45, 2.75) is 6.29 Å². The summed E-state index contributed by atoms with van der Waals surface area (Å²) >= 11 is 5.96. The zero-order valence-corrected chi connectivity index (χ0v) is 10.4. The van der Waals surface area contributed by atoms with Gasteiger partial charge in [0.15, 0.2) is 12.0 Å². The molecule has 1 rings (SSSR count). The number of hydrogen-bond acceptors (Lipinski definition) is 5. The molecule has 0 atom stereocenters. The summed E-state index contributed by atoms with van der Waals surface area (Å²) in [6, 6.07) is 3.01. The van der Waals surface area contributed by atoms with Gasteiger partial charge in [-0.3, -0.25) is 10.1 Å². The molecule has 1 aromatic carbocycles. The van der Waals surface area contributed by atoms with Crippen molar-refractivity contribution in [1.82, 2.24) is 0 Å². The molecule has 0 bridgehead atoms. The van der Waals surface area contributed by atoms with Gasteiger partial charge in [0, 0.05) is 19.8 Å². The van der Waals surface area contributed by atoms with Crippen LogP contribution in [0.3, 0.4) is 0 Å². The fraction of sp³-hybridized carbons (Fsp3) is 0.400. The van der Waals surface area contributed by atoms with Crippen LogP contribution < -0.4 is 4.74 Å². The van der Waals surface area contributed by atoms with E-state index < -0.39 is 11.2 Å². The first kappa shape index (κ1) is 13.7. The number of halogens is 1. The number of methoxy groups -OCH3 is 3. The summed E-state index contributed by atoms with van der Waals surface area (Å²) in [5.41, 5.74) is 0.0786. The Morgan fingerprint density at radius 1 is 1.29 bits per heavy atom. The first-order valence-electron chi connectivity index (χ1n) is 4.63. The van der Waals surface area contributed by atoms with E-state index in [-0.39, 0.29) is 16.5 Å². The van der Waals surface area contributed by atoms with Gasteiger partial charge in [-0.25, -0.2) is 0 Å². The highest BCUT2D eigenvalue weighted by molar-refractivity contribution is 6.33. The fourth-order valence-corrected chi connectivity index (χ4v) is 1.74. The number of rotatable bonds is 5. The van der Waals surface area contributed by atoms with Crippen molar-refractivity contribution in [3.8, 4) is 5.75 Å². The average Bonchev–Trinajstić information content (AvgIpc) is 2.31. The molecular weight excluding hydrogens is 250 g/mol. The zero-order valence-electron chi connectivity index (χ0n) is 9.60. The van der Waals surface area contributed by atoms with E-state index in [9.17, 15) is 10.1 Å². The summed E-state index contributed by atoms with van der Waals surface area (Å²) in [4.78, 5) is 10.3. The minimum absolute atomic E-state index is 0.0527. The lowest BCUT2D eigenvalue weighted by Crippen LogP contribution is -2.06. The van der Waals surface area contributed by atoms with Gasteiger partial charge in [0.1, 0.15) is 5.02 Å². The van der Waals surface area contributed by atoms with Crippen LogP contribution in [-0.2, 0) is 9.47 Å². The van der Waals surface area contributed by atoms with Gasteiger partial charge in [-0.1, -0.05) is 11.6 Å². The molecule has 0 unspecified atom stereocenters. The second-order valence-electron chi connectivity index (χ2n) is 3.08. The first-order chi connectivity index (χ1) is 8.06. The lowest BCUT2D eigenvalue weighted by atomic mass is 10.1. The van der Waals surface area contributed by atoms with Crippen LogP contribution in [0.25, 0.3) is 0 Å².